The van der Waals surface area contributed by atoms with Crippen LogP contribution in [0.5, 0.6) is 17.2 Å². The minimum Gasteiger partial charge on any atom is -0.493 e. The summed E-state index contributed by atoms with van der Waals surface area (Å²) in [6.07, 6.45) is -0.922. The lowest BCUT2D eigenvalue weighted by Crippen LogP contribution is -2.15. The molecule has 1 heterocycles. The van der Waals surface area contributed by atoms with Crippen molar-refractivity contribution in [2.45, 2.75) is 6.10 Å². The highest BCUT2D eigenvalue weighted by Gasteiger charge is 2.33. The van der Waals surface area contributed by atoms with Crippen LogP contribution >= 0.6 is 0 Å². The molecular weight excluding hydrogens is 252 g/mol. The maximum atomic E-state index is 11.7. The standard InChI is InChI=1S/C12H14N2O5/c1-16-7-5-4-6(8(17-2)10(7)18-3)9-11(15)14-12(13)19-9/h4-5,9H,1-3H3,(H2,13,14,15). The molecule has 1 aromatic rings. The van der Waals surface area contributed by atoms with Gasteiger partial charge in [-0.3, -0.25) is 4.79 Å². The van der Waals surface area contributed by atoms with E-state index in [1.807, 2.05) is 0 Å². The van der Waals surface area contributed by atoms with Crippen LogP contribution in [0.2, 0.25) is 0 Å². The molecule has 0 bridgehead atoms. The van der Waals surface area contributed by atoms with Crippen molar-refractivity contribution in [3.8, 4) is 17.2 Å². The zero-order valence-electron chi connectivity index (χ0n) is 10.8. The lowest BCUT2D eigenvalue weighted by molar-refractivity contribution is -0.122. The van der Waals surface area contributed by atoms with Gasteiger partial charge < -0.3 is 24.7 Å². The summed E-state index contributed by atoms with van der Waals surface area (Å²) >= 11 is 0. The molecule has 2 rings (SSSR count). The zero-order chi connectivity index (χ0) is 14.0. The van der Waals surface area contributed by atoms with Gasteiger partial charge in [0.1, 0.15) is 0 Å². The third-order valence-corrected chi connectivity index (χ3v) is 2.70. The first-order valence-electron chi connectivity index (χ1n) is 5.45. The fourth-order valence-electron chi connectivity index (χ4n) is 1.89. The van der Waals surface area contributed by atoms with Crippen molar-refractivity contribution in [1.82, 2.24) is 0 Å². The van der Waals surface area contributed by atoms with E-state index in [4.69, 9.17) is 24.7 Å². The van der Waals surface area contributed by atoms with Gasteiger partial charge in [-0.25, -0.2) is 0 Å². The van der Waals surface area contributed by atoms with Crippen molar-refractivity contribution in [2.75, 3.05) is 21.3 Å². The molecule has 1 unspecified atom stereocenters. The van der Waals surface area contributed by atoms with E-state index in [1.54, 1.807) is 12.1 Å². The molecule has 19 heavy (non-hydrogen) atoms. The number of ether oxygens (including phenoxy) is 4. The Morgan fingerprint density at radius 1 is 1.16 bits per heavy atom. The maximum absolute atomic E-state index is 11.7. The number of aliphatic imine (C=N–C) groups is 1. The molecule has 1 atom stereocenters. The summed E-state index contributed by atoms with van der Waals surface area (Å²) in [7, 11) is 4.45. The molecule has 1 aromatic carbocycles. The first-order chi connectivity index (χ1) is 9.12. The summed E-state index contributed by atoms with van der Waals surface area (Å²) in [5.74, 6) is 0.736. The van der Waals surface area contributed by atoms with E-state index >= 15 is 0 Å². The SMILES string of the molecule is COc1ccc(C2OC(N)=NC2=O)c(OC)c1OC. The first kappa shape index (κ1) is 13.0. The predicted molar refractivity (Wildman–Crippen MR) is 66.6 cm³/mol. The van der Waals surface area contributed by atoms with Gasteiger partial charge in [-0.15, -0.1) is 0 Å². The second-order valence-electron chi connectivity index (χ2n) is 3.71. The van der Waals surface area contributed by atoms with Crippen molar-refractivity contribution in [1.29, 1.82) is 0 Å². The van der Waals surface area contributed by atoms with Crippen LogP contribution in [0.3, 0.4) is 0 Å². The van der Waals surface area contributed by atoms with Crippen molar-refractivity contribution in [2.24, 2.45) is 10.7 Å². The zero-order valence-corrected chi connectivity index (χ0v) is 10.8. The highest BCUT2D eigenvalue weighted by atomic mass is 16.5. The molecule has 0 aromatic heterocycles. The molecule has 0 saturated heterocycles. The van der Waals surface area contributed by atoms with Crippen molar-refractivity contribution < 1.29 is 23.7 Å². The molecule has 1 aliphatic rings. The maximum Gasteiger partial charge on any atom is 0.296 e. The highest BCUT2D eigenvalue weighted by molar-refractivity contribution is 5.98. The summed E-state index contributed by atoms with van der Waals surface area (Å²) in [5.41, 5.74) is 5.86. The van der Waals surface area contributed by atoms with Gasteiger partial charge in [0.15, 0.2) is 11.5 Å². The van der Waals surface area contributed by atoms with Crippen LogP contribution in [0.1, 0.15) is 11.7 Å². The average Bonchev–Trinajstić information content (AvgIpc) is 2.75. The molecule has 0 fully saturated rings. The van der Waals surface area contributed by atoms with Gasteiger partial charge in [0.05, 0.1) is 21.3 Å². The lowest BCUT2D eigenvalue weighted by Gasteiger charge is -2.17. The van der Waals surface area contributed by atoms with Gasteiger partial charge in [0.2, 0.25) is 11.9 Å². The van der Waals surface area contributed by atoms with E-state index in [-0.39, 0.29) is 6.02 Å². The van der Waals surface area contributed by atoms with Gasteiger partial charge in [-0.2, -0.15) is 4.99 Å². The quantitative estimate of drug-likeness (QED) is 0.859. The van der Waals surface area contributed by atoms with Crippen LogP contribution in [0.15, 0.2) is 17.1 Å². The molecule has 102 valence electrons. The van der Waals surface area contributed by atoms with Gasteiger partial charge >= 0.3 is 0 Å². The number of hydrogen-bond acceptors (Lipinski definition) is 6. The number of amides is 1. The average molecular weight is 266 g/mol. The summed E-state index contributed by atoms with van der Waals surface area (Å²) in [6, 6.07) is 3.14. The number of methoxy groups -OCH3 is 3. The van der Waals surface area contributed by atoms with E-state index in [2.05, 4.69) is 4.99 Å². The van der Waals surface area contributed by atoms with E-state index in [9.17, 15) is 4.79 Å². The first-order valence-corrected chi connectivity index (χ1v) is 5.45. The topological polar surface area (TPSA) is 92.4 Å². The van der Waals surface area contributed by atoms with E-state index in [0.717, 1.165) is 0 Å². The van der Waals surface area contributed by atoms with Gasteiger partial charge in [0.25, 0.3) is 11.9 Å². The molecule has 7 nitrogen and oxygen atoms in total. The Labute approximate surface area is 109 Å². The van der Waals surface area contributed by atoms with Gasteiger partial charge in [0, 0.05) is 5.56 Å². The molecular formula is C12H14N2O5. The van der Waals surface area contributed by atoms with Crippen molar-refractivity contribution in [3.05, 3.63) is 17.7 Å². The molecule has 0 radical (unpaired) electrons. The van der Waals surface area contributed by atoms with Crippen LogP contribution < -0.4 is 19.9 Å². The summed E-state index contributed by atoms with van der Waals surface area (Å²) in [5, 5.41) is 0. The normalized spacial score (nSPS) is 17.7. The van der Waals surface area contributed by atoms with E-state index < -0.39 is 12.0 Å². The lowest BCUT2D eigenvalue weighted by atomic mass is 10.1. The summed E-state index contributed by atoms with van der Waals surface area (Å²) < 4.78 is 20.8. The minimum absolute atomic E-state index is 0.160. The predicted octanol–water partition coefficient (Wildman–Crippen LogP) is 0.625. The molecule has 0 saturated carbocycles. The van der Waals surface area contributed by atoms with Gasteiger partial charge in [-0.05, 0) is 12.1 Å². The number of amidine groups is 1. The molecule has 0 spiro atoms. The smallest absolute Gasteiger partial charge is 0.296 e. The Hall–Kier alpha value is -2.44. The Morgan fingerprint density at radius 2 is 1.84 bits per heavy atom. The van der Waals surface area contributed by atoms with Crippen LogP contribution in [-0.2, 0) is 9.53 Å². The fraction of sp³-hybridized carbons (Fsp3) is 0.333. The number of carbonyl (C=O) groups excluding carboxylic acids is 1. The second-order valence-corrected chi connectivity index (χ2v) is 3.71. The third kappa shape index (κ3) is 2.14. The monoisotopic (exact) mass is 266 g/mol. The summed E-state index contributed by atoms with van der Waals surface area (Å²) in [4.78, 5) is 15.2. The largest absolute Gasteiger partial charge is 0.493 e. The molecule has 7 heteroatoms. The van der Waals surface area contributed by atoms with Crippen LogP contribution in [-0.4, -0.2) is 33.3 Å². The Bertz CT molecular complexity index is 541. The number of benzene rings is 1. The Balaban J connectivity index is 2.50. The second kappa shape index (κ2) is 5.05. The van der Waals surface area contributed by atoms with E-state index in [1.165, 1.54) is 21.3 Å². The van der Waals surface area contributed by atoms with Crippen molar-refractivity contribution >= 4 is 11.9 Å². The third-order valence-electron chi connectivity index (χ3n) is 2.70. The number of rotatable bonds is 4. The Kier molecular flexibility index (Phi) is 3.46. The summed E-state index contributed by atoms with van der Waals surface area (Å²) in [6.45, 7) is 0. The number of nitrogens with zero attached hydrogens (tertiary/aromatic N) is 1. The molecule has 1 amide bonds. The highest BCUT2D eigenvalue weighted by Crippen LogP contribution is 2.43. The number of carbonyl (C=O) groups is 1. The number of nitrogens with two attached hydrogens (primary N) is 1. The van der Waals surface area contributed by atoms with Crippen molar-refractivity contribution in [3.63, 3.8) is 0 Å². The Morgan fingerprint density at radius 3 is 2.32 bits per heavy atom. The fourth-order valence-corrected chi connectivity index (χ4v) is 1.89. The van der Waals surface area contributed by atoms with Crippen LogP contribution in [0.4, 0.5) is 0 Å². The van der Waals surface area contributed by atoms with Crippen LogP contribution in [0, 0.1) is 0 Å². The minimum atomic E-state index is -0.922. The van der Waals surface area contributed by atoms with Gasteiger partial charge in [-0.1, -0.05) is 0 Å². The molecule has 0 aliphatic carbocycles. The van der Waals surface area contributed by atoms with Crippen LogP contribution in [0.25, 0.3) is 0 Å². The molecule has 2 N–H and O–H groups in total. The van der Waals surface area contributed by atoms with E-state index in [0.29, 0.717) is 22.8 Å². The molecule has 1 aliphatic heterocycles. The number of hydrogen-bond donors (Lipinski definition) is 1.